The van der Waals surface area contributed by atoms with Gasteiger partial charge in [-0.15, -0.1) is 0 Å². The Morgan fingerprint density at radius 2 is 1.76 bits per heavy atom. The molecule has 0 radical (unpaired) electrons. The van der Waals surface area contributed by atoms with Gasteiger partial charge in [-0.2, -0.15) is 0 Å². The van der Waals surface area contributed by atoms with E-state index in [1.807, 2.05) is 30.3 Å². The maximum atomic E-state index is 13.7. The summed E-state index contributed by atoms with van der Waals surface area (Å²) in [5.74, 6) is -0.880. The van der Waals surface area contributed by atoms with E-state index in [0.717, 1.165) is 10.8 Å². The molecule has 0 unspecified atom stereocenters. The Labute approximate surface area is 121 Å². The minimum atomic E-state index is -0.516. The number of carbonyl (C=O) groups excluding carboxylic acids is 1. The van der Waals surface area contributed by atoms with E-state index in [-0.39, 0.29) is 11.6 Å². The number of nitrogens with one attached hydrogen (secondary N) is 1. The lowest BCUT2D eigenvalue weighted by Crippen LogP contribution is -2.13. The molecular weight excluding hydrogens is 267 g/mol. The van der Waals surface area contributed by atoms with Crippen molar-refractivity contribution in [2.75, 3.05) is 11.1 Å². The largest absolute Gasteiger partial charge is 0.399 e. The highest BCUT2D eigenvalue weighted by atomic mass is 19.1. The van der Waals surface area contributed by atoms with Crippen LogP contribution in [0, 0.1) is 5.82 Å². The second-order valence-electron chi connectivity index (χ2n) is 4.72. The number of benzene rings is 3. The van der Waals surface area contributed by atoms with Crippen LogP contribution in [0.3, 0.4) is 0 Å². The highest BCUT2D eigenvalue weighted by molar-refractivity contribution is 6.13. The van der Waals surface area contributed by atoms with Gasteiger partial charge in [0.15, 0.2) is 0 Å². The molecular formula is C17H13FN2O. The summed E-state index contributed by atoms with van der Waals surface area (Å²) in [6, 6.07) is 17.1. The summed E-state index contributed by atoms with van der Waals surface area (Å²) in [6.45, 7) is 0. The van der Waals surface area contributed by atoms with E-state index in [4.69, 9.17) is 5.73 Å². The molecule has 104 valence electrons. The van der Waals surface area contributed by atoms with E-state index in [2.05, 4.69) is 5.32 Å². The van der Waals surface area contributed by atoms with Crippen molar-refractivity contribution in [2.45, 2.75) is 0 Å². The first-order chi connectivity index (χ1) is 10.1. The van der Waals surface area contributed by atoms with Crippen molar-refractivity contribution < 1.29 is 9.18 Å². The van der Waals surface area contributed by atoms with Gasteiger partial charge in [-0.1, -0.05) is 36.4 Å². The number of rotatable bonds is 2. The first-order valence-corrected chi connectivity index (χ1v) is 6.49. The van der Waals surface area contributed by atoms with Crippen LogP contribution in [0.15, 0.2) is 60.7 Å². The summed E-state index contributed by atoms with van der Waals surface area (Å²) in [5, 5.41) is 4.34. The highest BCUT2D eigenvalue weighted by Gasteiger charge is 2.12. The van der Waals surface area contributed by atoms with Crippen molar-refractivity contribution >= 4 is 28.1 Å². The average molecular weight is 280 g/mol. The van der Waals surface area contributed by atoms with Crippen LogP contribution in [0.25, 0.3) is 10.8 Å². The molecule has 0 saturated carbocycles. The molecule has 3 rings (SSSR count). The van der Waals surface area contributed by atoms with E-state index in [1.54, 1.807) is 12.1 Å². The number of carbonyl (C=O) groups is 1. The van der Waals surface area contributed by atoms with E-state index in [9.17, 15) is 9.18 Å². The zero-order valence-electron chi connectivity index (χ0n) is 11.1. The number of anilines is 2. The molecule has 3 N–H and O–H groups in total. The normalized spacial score (nSPS) is 10.5. The lowest BCUT2D eigenvalue weighted by atomic mass is 10.0. The van der Waals surface area contributed by atoms with E-state index < -0.39 is 5.82 Å². The standard InChI is InChI=1S/C17H13FN2O/c18-15-9-8-12(19)10-16(15)20-17(21)14-7-3-5-11-4-1-2-6-13(11)14/h1-10H,19H2,(H,20,21). The fraction of sp³-hybridized carbons (Fsp3) is 0. The van der Waals surface area contributed by atoms with Crippen LogP contribution < -0.4 is 11.1 Å². The van der Waals surface area contributed by atoms with Crippen molar-refractivity contribution in [3.05, 3.63) is 72.0 Å². The van der Waals surface area contributed by atoms with Crippen LogP contribution >= 0.6 is 0 Å². The number of nitrogen functional groups attached to an aromatic ring is 1. The van der Waals surface area contributed by atoms with E-state index >= 15 is 0 Å². The Morgan fingerprint density at radius 1 is 1.00 bits per heavy atom. The fourth-order valence-corrected chi connectivity index (χ4v) is 2.25. The van der Waals surface area contributed by atoms with Gasteiger partial charge in [0.25, 0.3) is 5.91 Å². The molecule has 0 aromatic heterocycles. The highest BCUT2D eigenvalue weighted by Crippen LogP contribution is 2.22. The van der Waals surface area contributed by atoms with Crippen molar-refractivity contribution in [1.82, 2.24) is 0 Å². The number of amides is 1. The molecule has 0 spiro atoms. The van der Waals surface area contributed by atoms with E-state index in [0.29, 0.717) is 11.3 Å². The number of halogens is 1. The van der Waals surface area contributed by atoms with Crippen LogP contribution in [0.2, 0.25) is 0 Å². The maximum absolute atomic E-state index is 13.7. The van der Waals surface area contributed by atoms with Crippen LogP contribution in [0.4, 0.5) is 15.8 Å². The first-order valence-electron chi connectivity index (χ1n) is 6.49. The quantitative estimate of drug-likeness (QED) is 0.701. The summed E-state index contributed by atoms with van der Waals surface area (Å²) in [4.78, 5) is 12.4. The lowest BCUT2D eigenvalue weighted by molar-refractivity contribution is 0.102. The maximum Gasteiger partial charge on any atom is 0.256 e. The molecule has 0 saturated heterocycles. The molecule has 0 heterocycles. The van der Waals surface area contributed by atoms with Gasteiger partial charge < -0.3 is 11.1 Å². The molecule has 0 fully saturated rings. The summed E-state index contributed by atoms with van der Waals surface area (Å²) in [7, 11) is 0. The van der Waals surface area contributed by atoms with Gasteiger partial charge in [0.1, 0.15) is 5.82 Å². The SMILES string of the molecule is Nc1ccc(F)c(NC(=O)c2cccc3ccccc23)c1. The molecule has 3 aromatic carbocycles. The van der Waals surface area contributed by atoms with Gasteiger partial charge >= 0.3 is 0 Å². The molecule has 3 aromatic rings. The molecule has 1 amide bonds. The second kappa shape index (κ2) is 5.25. The predicted molar refractivity (Wildman–Crippen MR) is 82.7 cm³/mol. The Kier molecular flexibility index (Phi) is 3.28. The topological polar surface area (TPSA) is 55.1 Å². The lowest BCUT2D eigenvalue weighted by Gasteiger charge is -2.09. The molecule has 0 bridgehead atoms. The van der Waals surface area contributed by atoms with Gasteiger partial charge in [0.05, 0.1) is 5.69 Å². The zero-order valence-corrected chi connectivity index (χ0v) is 11.1. The van der Waals surface area contributed by atoms with Gasteiger partial charge in [0, 0.05) is 11.3 Å². The number of fused-ring (bicyclic) bond motifs is 1. The van der Waals surface area contributed by atoms with Crippen LogP contribution in [-0.4, -0.2) is 5.91 Å². The van der Waals surface area contributed by atoms with Crippen LogP contribution in [0.1, 0.15) is 10.4 Å². The Morgan fingerprint density at radius 3 is 2.62 bits per heavy atom. The summed E-state index contributed by atoms with van der Waals surface area (Å²) >= 11 is 0. The fourth-order valence-electron chi connectivity index (χ4n) is 2.25. The van der Waals surface area contributed by atoms with Crippen molar-refractivity contribution in [1.29, 1.82) is 0 Å². The Balaban J connectivity index is 1.99. The van der Waals surface area contributed by atoms with E-state index in [1.165, 1.54) is 18.2 Å². The molecule has 4 heteroatoms. The summed E-state index contributed by atoms with van der Waals surface area (Å²) < 4.78 is 13.7. The zero-order chi connectivity index (χ0) is 14.8. The monoisotopic (exact) mass is 280 g/mol. The van der Waals surface area contributed by atoms with Gasteiger partial charge in [0.2, 0.25) is 0 Å². The molecule has 21 heavy (non-hydrogen) atoms. The first kappa shape index (κ1) is 13.1. The minimum Gasteiger partial charge on any atom is -0.399 e. The predicted octanol–water partition coefficient (Wildman–Crippen LogP) is 3.81. The van der Waals surface area contributed by atoms with Crippen LogP contribution in [0.5, 0.6) is 0 Å². The van der Waals surface area contributed by atoms with Crippen LogP contribution in [-0.2, 0) is 0 Å². The minimum absolute atomic E-state index is 0.0768. The second-order valence-corrected chi connectivity index (χ2v) is 4.72. The molecule has 0 aliphatic carbocycles. The molecule has 0 aliphatic heterocycles. The van der Waals surface area contributed by atoms with Gasteiger partial charge in [-0.3, -0.25) is 4.79 Å². The smallest absolute Gasteiger partial charge is 0.256 e. The summed E-state index contributed by atoms with van der Waals surface area (Å²) in [5.41, 5.74) is 6.58. The van der Waals surface area contributed by atoms with Crippen molar-refractivity contribution in [3.63, 3.8) is 0 Å². The van der Waals surface area contributed by atoms with Crippen molar-refractivity contribution in [2.24, 2.45) is 0 Å². The average Bonchev–Trinajstić information content (AvgIpc) is 2.50. The molecule has 3 nitrogen and oxygen atoms in total. The third kappa shape index (κ3) is 2.56. The van der Waals surface area contributed by atoms with Gasteiger partial charge in [-0.05, 0) is 35.0 Å². The Bertz CT molecular complexity index is 825. The van der Waals surface area contributed by atoms with Crippen molar-refractivity contribution in [3.8, 4) is 0 Å². The van der Waals surface area contributed by atoms with Gasteiger partial charge in [-0.25, -0.2) is 4.39 Å². The number of nitrogens with two attached hydrogens (primary N) is 1. The summed E-state index contributed by atoms with van der Waals surface area (Å²) in [6.07, 6.45) is 0. The number of hydrogen-bond acceptors (Lipinski definition) is 2. The third-order valence-electron chi connectivity index (χ3n) is 3.27. The molecule has 0 aliphatic rings. The number of hydrogen-bond donors (Lipinski definition) is 2. The molecule has 0 atom stereocenters. The Hall–Kier alpha value is -2.88. The third-order valence-corrected chi connectivity index (χ3v) is 3.27.